The SMILES string of the molecule is CCCOP(OCC(CC)CC(=O)CCCCCCC(=O)CCCCOC1OC(CC)C(C)C(C)C1C)N(C(C)C)C(C)C. The van der Waals surface area contributed by atoms with Gasteiger partial charge in [0.1, 0.15) is 11.6 Å². The van der Waals surface area contributed by atoms with Gasteiger partial charge in [0, 0.05) is 50.3 Å². The Morgan fingerprint density at radius 3 is 1.89 bits per heavy atom. The van der Waals surface area contributed by atoms with Gasteiger partial charge in [-0.1, -0.05) is 60.8 Å². The highest BCUT2D eigenvalue weighted by atomic mass is 31.2. The average Bonchev–Trinajstić information content (AvgIpc) is 2.98. The van der Waals surface area contributed by atoms with Crippen LogP contribution in [0.25, 0.3) is 0 Å². The Kier molecular flexibility index (Phi) is 22.5. The van der Waals surface area contributed by atoms with Crippen LogP contribution in [0.4, 0.5) is 0 Å². The molecule has 260 valence electrons. The summed E-state index contributed by atoms with van der Waals surface area (Å²) in [5, 5.41) is 0. The molecule has 8 heteroatoms. The fourth-order valence-electron chi connectivity index (χ4n) is 6.12. The lowest BCUT2D eigenvalue weighted by Gasteiger charge is -2.43. The number of ketones is 2. The number of carbonyl (C=O) groups is 2. The van der Waals surface area contributed by atoms with Crippen molar-refractivity contribution in [2.75, 3.05) is 19.8 Å². The van der Waals surface area contributed by atoms with E-state index in [0.29, 0.717) is 86.9 Å². The van der Waals surface area contributed by atoms with Crippen molar-refractivity contribution in [2.24, 2.45) is 23.7 Å². The molecule has 1 rings (SSSR count). The fourth-order valence-corrected chi connectivity index (χ4v) is 7.89. The minimum Gasteiger partial charge on any atom is -0.352 e. The van der Waals surface area contributed by atoms with E-state index in [1.165, 1.54) is 0 Å². The van der Waals surface area contributed by atoms with Crippen LogP contribution in [0.3, 0.4) is 0 Å². The Hall–Kier alpha value is -0.430. The van der Waals surface area contributed by atoms with Gasteiger partial charge in [-0.3, -0.25) is 9.59 Å². The van der Waals surface area contributed by atoms with Crippen LogP contribution in [0.5, 0.6) is 0 Å². The predicted molar refractivity (Wildman–Crippen MR) is 184 cm³/mol. The van der Waals surface area contributed by atoms with Gasteiger partial charge in [0.25, 0.3) is 8.53 Å². The highest BCUT2D eigenvalue weighted by Gasteiger charge is 2.38. The third kappa shape index (κ3) is 15.9. The molecule has 0 aromatic carbocycles. The van der Waals surface area contributed by atoms with E-state index < -0.39 is 8.53 Å². The van der Waals surface area contributed by atoms with Gasteiger partial charge < -0.3 is 18.5 Å². The normalized spacial score (nSPS) is 23.9. The van der Waals surface area contributed by atoms with E-state index in [0.717, 1.165) is 57.8 Å². The molecule has 0 bridgehead atoms. The lowest BCUT2D eigenvalue weighted by atomic mass is 9.78. The molecule has 7 unspecified atom stereocenters. The first-order chi connectivity index (χ1) is 21.0. The summed E-state index contributed by atoms with van der Waals surface area (Å²) >= 11 is 0. The van der Waals surface area contributed by atoms with Crippen LogP contribution in [0.1, 0.15) is 153 Å². The molecule has 1 saturated heterocycles. The van der Waals surface area contributed by atoms with Crippen LogP contribution in [-0.4, -0.2) is 60.5 Å². The van der Waals surface area contributed by atoms with E-state index >= 15 is 0 Å². The first-order valence-corrected chi connectivity index (χ1v) is 19.2. The predicted octanol–water partition coefficient (Wildman–Crippen LogP) is 9.90. The maximum atomic E-state index is 12.7. The molecule has 0 aliphatic carbocycles. The highest BCUT2D eigenvalue weighted by Crippen LogP contribution is 2.46. The topological polar surface area (TPSA) is 74.3 Å². The van der Waals surface area contributed by atoms with Gasteiger partial charge in [0.05, 0.1) is 19.3 Å². The minimum absolute atomic E-state index is 0.126. The molecule has 0 amide bonds. The van der Waals surface area contributed by atoms with E-state index in [1.807, 2.05) is 0 Å². The van der Waals surface area contributed by atoms with E-state index in [9.17, 15) is 9.59 Å². The minimum atomic E-state index is -1.13. The van der Waals surface area contributed by atoms with Crippen LogP contribution in [0.2, 0.25) is 0 Å². The van der Waals surface area contributed by atoms with E-state index in [-0.39, 0.29) is 18.3 Å². The average molecular weight is 644 g/mol. The standard InChI is InChI=1S/C36H70NO6P/c1-11-23-41-44(37(27(4)5)28(6)7)42-26-32(12-2)25-34(39)22-17-15-14-16-20-33(38)21-18-19-24-40-36-31(10)29(8)30(9)35(13-3)43-36/h27-32,35-36H,11-26H2,1-10H3. The first-order valence-electron chi connectivity index (χ1n) is 18.1. The van der Waals surface area contributed by atoms with Crippen LogP contribution in [0, 0.1) is 23.7 Å². The van der Waals surface area contributed by atoms with E-state index in [2.05, 4.69) is 73.9 Å². The zero-order valence-corrected chi connectivity index (χ0v) is 31.2. The summed E-state index contributed by atoms with van der Waals surface area (Å²) < 4.78 is 27.1. The summed E-state index contributed by atoms with van der Waals surface area (Å²) in [7, 11) is -1.13. The van der Waals surface area contributed by atoms with Crippen molar-refractivity contribution in [3.05, 3.63) is 0 Å². The molecule has 0 saturated carbocycles. The maximum Gasteiger partial charge on any atom is 0.259 e. The summed E-state index contributed by atoms with van der Waals surface area (Å²) in [4.78, 5) is 25.1. The maximum absolute atomic E-state index is 12.7. The fraction of sp³-hybridized carbons (Fsp3) is 0.944. The number of Topliss-reactive ketones (excluding diaryl/α,β-unsaturated/α-hetero) is 2. The molecule has 44 heavy (non-hydrogen) atoms. The molecule has 1 aliphatic rings. The van der Waals surface area contributed by atoms with Gasteiger partial charge in [0.2, 0.25) is 0 Å². The van der Waals surface area contributed by atoms with Gasteiger partial charge in [0.15, 0.2) is 6.29 Å². The summed E-state index contributed by atoms with van der Waals surface area (Å²) in [6, 6.07) is 0.671. The third-order valence-electron chi connectivity index (χ3n) is 9.35. The van der Waals surface area contributed by atoms with Crippen molar-refractivity contribution in [3.63, 3.8) is 0 Å². The highest BCUT2D eigenvalue weighted by molar-refractivity contribution is 7.44. The Bertz CT molecular complexity index is 755. The zero-order valence-electron chi connectivity index (χ0n) is 30.3. The van der Waals surface area contributed by atoms with Crippen molar-refractivity contribution >= 4 is 20.1 Å². The summed E-state index contributed by atoms with van der Waals surface area (Å²) in [6.07, 6.45) is 11.1. The van der Waals surface area contributed by atoms with Gasteiger partial charge >= 0.3 is 0 Å². The van der Waals surface area contributed by atoms with Crippen LogP contribution >= 0.6 is 8.53 Å². The molecule has 0 aromatic rings. The van der Waals surface area contributed by atoms with Gasteiger partial charge in [-0.2, -0.15) is 0 Å². The van der Waals surface area contributed by atoms with Crippen molar-refractivity contribution in [1.82, 2.24) is 4.67 Å². The van der Waals surface area contributed by atoms with Crippen molar-refractivity contribution in [2.45, 2.75) is 177 Å². The molecule has 0 spiro atoms. The number of rotatable bonds is 26. The molecule has 0 radical (unpaired) electrons. The zero-order chi connectivity index (χ0) is 33.1. The molecule has 1 heterocycles. The second-order valence-corrected chi connectivity index (χ2v) is 15.2. The second-order valence-electron chi connectivity index (χ2n) is 13.8. The lowest BCUT2D eigenvalue weighted by molar-refractivity contribution is -0.248. The Balaban J connectivity index is 2.19. The summed E-state index contributed by atoms with van der Waals surface area (Å²) in [6.45, 7) is 23.9. The lowest BCUT2D eigenvalue weighted by Crippen LogP contribution is -2.45. The number of unbranched alkanes of at least 4 members (excludes halogenated alkanes) is 4. The Morgan fingerprint density at radius 1 is 0.750 bits per heavy atom. The molecule has 0 aromatic heterocycles. The number of hydrogen-bond acceptors (Lipinski definition) is 7. The van der Waals surface area contributed by atoms with Crippen molar-refractivity contribution in [1.29, 1.82) is 0 Å². The molecule has 7 nitrogen and oxygen atoms in total. The molecule has 0 N–H and O–H groups in total. The van der Waals surface area contributed by atoms with Gasteiger partial charge in [-0.05, 0) is 84.0 Å². The monoisotopic (exact) mass is 643 g/mol. The van der Waals surface area contributed by atoms with Gasteiger partial charge in [-0.15, -0.1) is 0 Å². The largest absolute Gasteiger partial charge is 0.352 e. The molecule has 1 aliphatic heterocycles. The van der Waals surface area contributed by atoms with Gasteiger partial charge in [-0.25, -0.2) is 4.67 Å². The van der Waals surface area contributed by atoms with Crippen molar-refractivity contribution < 1.29 is 28.1 Å². The Morgan fingerprint density at radius 2 is 1.34 bits per heavy atom. The first kappa shape index (κ1) is 41.6. The summed E-state index contributed by atoms with van der Waals surface area (Å²) in [5.74, 6) is 2.43. The third-order valence-corrected chi connectivity index (χ3v) is 11.4. The Labute approximate surface area is 273 Å². The smallest absolute Gasteiger partial charge is 0.259 e. The van der Waals surface area contributed by atoms with Crippen LogP contribution in [-0.2, 0) is 28.1 Å². The van der Waals surface area contributed by atoms with E-state index in [4.69, 9.17) is 18.5 Å². The molecular weight excluding hydrogens is 573 g/mol. The van der Waals surface area contributed by atoms with Crippen LogP contribution in [0.15, 0.2) is 0 Å². The quantitative estimate of drug-likeness (QED) is 0.0686. The number of ether oxygens (including phenoxy) is 2. The number of nitrogens with zero attached hydrogens (tertiary/aromatic N) is 1. The molecular formula is C36H70NO6P. The van der Waals surface area contributed by atoms with Crippen molar-refractivity contribution in [3.8, 4) is 0 Å². The number of hydrogen-bond donors (Lipinski definition) is 0. The summed E-state index contributed by atoms with van der Waals surface area (Å²) in [5.41, 5.74) is 0. The van der Waals surface area contributed by atoms with E-state index in [1.54, 1.807) is 0 Å². The van der Waals surface area contributed by atoms with Crippen LogP contribution < -0.4 is 0 Å². The second kappa shape index (κ2) is 23.8. The molecule has 7 atom stereocenters. The number of carbonyl (C=O) groups excluding carboxylic acids is 2. The molecule has 1 fully saturated rings.